The fraction of sp³-hybridized carbons (Fsp3) is 0.500. The summed E-state index contributed by atoms with van der Waals surface area (Å²) in [6, 6.07) is 6.19. The van der Waals surface area contributed by atoms with E-state index in [-0.39, 0.29) is 6.04 Å². The lowest BCUT2D eigenvalue weighted by atomic mass is 10.2. The number of ether oxygens (including phenoxy) is 1. The van der Waals surface area contributed by atoms with Gasteiger partial charge in [-0.3, -0.25) is 4.98 Å². The first-order valence-corrected chi connectivity index (χ1v) is 4.37. The molecule has 1 N–H and O–H groups in total. The minimum absolute atomic E-state index is 0.185. The number of hydrogen-bond donors (Lipinski definition) is 1. The monoisotopic (exact) mass is 180 g/mol. The van der Waals surface area contributed by atoms with Gasteiger partial charge in [0.2, 0.25) is 0 Å². The number of pyridine rings is 1. The van der Waals surface area contributed by atoms with E-state index in [0.29, 0.717) is 6.61 Å². The van der Waals surface area contributed by atoms with Gasteiger partial charge in [0.1, 0.15) is 0 Å². The summed E-state index contributed by atoms with van der Waals surface area (Å²) < 4.78 is 5.09. The van der Waals surface area contributed by atoms with Gasteiger partial charge >= 0.3 is 0 Å². The van der Waals surface area contributed by atoms with E-state index < -0.39 is 0 Å². The molecule has 0 aliphatic carbocycles. The Hall–Kier alpha value is -0.930. The van der Waals surface area contributed by atoms with Crippen molar-refractivity contribution in [3.8, 4) is 0 Å². The van der Waals surface area contributed by atoms with Gasteiger partial charge in [-0.1, -0.05) is 6.07 Å². The lowest BCUT2D eigenvalue weighted by Crippen LogP contribution is -2.22. The summed E-state index contributed by atoms with van der Waals surface area (Å²) in [6.07, 6.45) is 0. The van der Waals surface area contributed by atoms with Crippen LogP contribution < -0.4 is 5.32 Å². The summed E-state index contributed by atoms with van der Waals surface area (Å²) in [5.74, 6) is 0. The molecule has 0 aliphatic heterocycles. The van der Waals surface area contributed by atoms with Crippen LogP contribution in [0.3, 0.4) is 0 Å². The van der Waals surface area contributed by atoms with Gasteiger partial charge in [-0.2, -0.15) is 0 Å². The van der Waals surface area contributed by atoms with E-state index in [2.05, 4.69) is 10.3 Å². The molecule has 1 rings (SSSR count). The van der Waals surface area contributed by atoms with Crippen molar-refractivity contribution in [2.45, 2.75) is 13.0 Å². The molecule has 0 amide bonds. The van der Waals surface area contributed by atoms with Crippen molar-refractivity contribution in [3.63, 3.8) is 0 Å². The average Bonchev–Trinajstić information content (AvgIpc) is 2.14. The first-order valence-electron chi connectivity index (χ1n) is 4.37. The summed E-state index contributed by atoms with van der Waals surface area (Å²) in [6.45, 7) is 2.63. The lowest BCUT2D eigenvalue weighted by Gasteiger charge is -2.14. The second-order valence-electron chi connectivity index (χ2n) is 3.00. The van der Waals surface area contributed by atoms with Crippen LogP contribution in [0.2, 0.25) is 0 Å². The van der Waals surface area contributed by atoms with Crippen LogP contribution in [0.4, 0.5) is 0 Å². The predicted octanol–water partition coefficient (Wildman–Crippen LogP) is 1.30. The topological polar surface area (TPSA) is 34.1 Å². The highest BCUT2D eigenvalue weighted by atomic mass is 16.5. The average molecular weight is 180 g/mol. The minimum Gasteiger partial charge on any atom is -0.383 e. The zero-order chi connectivity index (χ0) is 9.68. The molecule has 72 valence electrons. The minimum atomic E-state index is 0.185. The van der Waals surface area contributed by atoms with E-state index in [1.54, 1.807) is 7.11 Å². The Morgan fingerprint density at radius 1 is 1.54 bits per heavy atom. The number of hydrogen-bond acceptors (Lipinski definition) is 3. The normalized spacial score (nSPS) is 12.8. The molecule has 1 heterocycles. The third-order valence-electron chi connectivity index (χ3n) is 1.95. The smallest absolute Gasteiger partial charge is 0.0730 e. The number of aromatic nitrogens is 1. The van der Waals surface area contributed by atoms with Gasteiger partial charge in [-0.05, 0) is 26.1 Å². The van der Waals surface area contributed by atoms with E-state index in [9.17, 15) is 0 Å². The van der Waals surface area contributed by atoms with Crippen LogP contribution in [0, 0.1) is 6.92 Å². The molecular weight excluding hydrogens is 164 g/mol. The molecule has 0 aliphatic rings. The zero-order valence-electron chi connectivity index (χ0n) is 8.37. The molecule has 0 aromatic carbocycles. The molecule has 0 saturated heterocycles. The zero-order valence-corrected chi connectivity index (χ0v) is 8.37. The van der Waals surface area contributed by atoms with Crippen LogP contribution in [-0.2, 0) is 4.74 Å². The van der Waals surface area contributed by atoms with Crippen molar-refractivity contribution in [2.75, 3.05) is 20.8 Å². The SMILES string of the molecule is CNC(COC)c1cccc(C)n1. The van der Waals surface area contributed by atoms with Crippen molar-refractivity contribution in [2.24, 2.45) is 0 Å². The number of nitrogens with zero attached hydrogens (tertiary/aromatic N) is 1. The Kier molecular flexibility index (Phi) is 3.86. The molecule has 13 heavy (non-hydrogen) atoms. The standard InChI is InChI=1S/C10H16N2O/c1-8-5-4-6-9(12-8)10(11-2)7-13-3/h4-6,10-11H,7H2,1-3H3. The molecule has 0 spiro atoms. The molecule has 1 aromatic rings. The Labute approximate surface area is 79.1 Å². The first kappa shape index (κ1) is 10.2. The van der Waals surface area contributed by atoms with Crippen molar-refractivity contribution in [3.05, 3.63) is 29.6 Å². The third-order valence-corrected chi connectivity index (χ3v) is 1.95. The number of aryl methyl sites for hydroxylation is 1. The van der Waals surface area contributed by atoms with Crippen LogP contribution in [0.5, 0.6) is 0 Å². The quantitative estimate of drug-likeness (QED) is 0.758. The lowest BCUT2D eigenvalue weighted by molar-refractivity contribution is 0.169. The van der Waals surface area contributed by atoms with Crippen molar-refractivity contribution in [1.29, 1.82) is 0 Å². The summed E-state index contributed by atoms with van der Waals surface area (Å²) in [5.41, 5.74) is 2.07. The third kappa shape index (κ3) is 2.79. The Bertz CT molecular complexity index is 263. The maximum Gasteiger partial charge on any atom is 0.0730 e. The number of rotatable bonds is 4. The molecule has 3 heteroatoms. The maximum atomic E-state index is 5.09. The molecule has 1 aromatic heterocycles. The molecule has 0 radical (unpaired) electrons. The predicted molar refractivity (Wildman–Crippen MR) is 52.7 cm³/mol. The summed E-state index contributed by atoms with van der Waals surface area (Å²) in [4.78, 5) is 4.42. The van der Waals surface area contributed by atoms with Crippen molar-refractivity contribution < 1.29 is 4.74 Å². The second kappa shape index (κ2) is 4.94. The molecule has 0 bridgehead atoms. The largest absolute Gasteiger partial charge is 0.383 e. The van der Waals surface area contributed by atoms with Crippen LogP contribution in [0.1, 0.15) is 17.4 Å². The molecule has 0 saturated carbocycles. The van der Waals surface area contributed by atoms with Crippen molar-refractivity contribution >= 4 is 0 Å². The number of methoxy groups -OCH3 is 1. The van der Waals surface area contributed by atoms with E-state index in [4.69, 9.17) is 4.74 Å². The van der Waals surface area contributed by atoms with Gasteiger partial charge in [-0.25, -0.2) is 0 Å². The summed E-state index contributed by atoms with van der Waals surface area (Å²) >= 11 is 0. The maximum absolute atomic E-state index is 5.09. The van der Waals surface area contributed by atoms with Crippen LogP contribution in [0.15, 0.2) is 18.2 Å². The Balaban J connectivity index is 2.78. The number of nitrogens with one attached hydrogen (secondary N) is 1. The highest BCUT2D eigenvalue weighted by Crippen LogP contribution is 2.09. The van der Waals surface area contributed by atoms with Crippen LogP contribution >= 0.6 is 0 Å². The molecule has 3 nitrogen and oxygen atoms in total. The van der Waals surface area contributed by atoms with Crippen LogP contribution in [-0.4, -0.2) is 25.7 Å². The second-order valence-corrected chi connectivity index (χ2v) is 3.00. The highest BCUT2D eigenvalue weighted by Gasteiger charge is 2.09. The van der Waals surface area contributed by atoms with Gasteiger partial charge in [0, 0.05) is 12.8 Å². The Morgan fingerprint density at radius 3 is 2.85 bits per heavy atom. The first-order chi connectivity index (χ1) is 6.27. The molecular formula is C10H16N2O. The highest BCUT2D eigenvalue weighted by molar-refractivity contribution is 5.13. The van der Waals surface area contributed by atoms with E-state index in [0.717, 1.165) is 11.4 Å². The van der Waals surface area contributed by atoms with Gasteiger partial charge in [0.05, 0.1) is 18.3 Å². The van der Waals surface area contributed by atoms with Crippen LogP contribution in [0.25, 0.3) is 0 Å². The fourth-order valence-electron chi connectivity index (χ4n) is 1.24. The Morgan fingerprint density at radius 2 is 2.31 bits per heavy atom. The fourth-order valence-corrected chi connectivity index (χ4v) is 1.24. The van der Waals surface area contributed by atoms with Crippen molar-refractivity contribution in [1.82, 2.24) is 10.3 Å². The van der Waals surface area contributed by atoms with Gasteiger partial charge in [-0.15, -0.1) is 0 Å². The number of likely N-dealkylation sites (N-methyl/N-ethyl adjacent to an activating group) is 1. The molecule has 1 unspecified atom stereocenters. The molecule has 0 fully saturated rings. The van der Waals surface area contributed by atoms with Gasteiger partial charge in [0.15, 0.2) is 0 Å². The van der Waals surface area contributed by atoms with E-state index in [1.165, 1.54) is 0 Å². The summed E-state index contributed by atoms with van der Waals surface area (Å²) in [7, 11) is 3.60. The van der Waals surface area contributed by atoms with Gasteiger partial charge in [0.25, 0.3) is 0 Å². The summed E-state index contributed by atoms with van der Waals surface area (Å²) in [5, 5.41) is 3.16. The van der Waals surface area contributed by atoms with Gasteiger partial charge < -0.3 is 10.1 Å². The van der Waals surface area contributed by atoms with E-state index >= 15 is 0 Å². The van der Waals surface area contributed by atoms with E-state index in [1.807, 2.05) is 32.2 Å². The molecule has 1 atom stereocenters.